The fourth-order valence-electron chi connectivity index (χ4n) is 3.47. The monoisotopic (exact) mass is 292 g/mol. The van der Waals surface area contributed by atoms with Gasteiger partial charge in [0.1, 0.15) is 5.75 Å². The Hall–Kier alpha value is -1.06. The van der Waals surface area contributed by atoms with Gasteiger partial charge in [-0.05, 0) is 64.5 Å². The highest BCUT2D eigenvalue weighted by Gasteiger charge is 2.36. The van der Waals surface area contributed by atoms with Gasteiger partial charge in [0, 0.05) is 11.6 Å². The van der Waals surface area contributed by atoms with Crippen LogP contribution in [0.4, 0.5) is 0 Å². The number of nitrogens with one attached hydrogen (secondary N) is 1. The van der Waals surface area contributed by atoms with E-state index in [0.717, 1.165) is 31.4 Å². The van der Waals surface area contributed by atoms with E-state index in [-0.39, 0.29) is 5.54 Å². The number of aryl methyl sites for hydroxylation is 1. The highest BCUT2D eigenvalue weighted by Crippen LogP contribution is 2.28. The number of hydrogen-bond acceptors (Lipinski definition) is 3. The highest BCUT2D eigenvalue weighted by atomic mass is 16.5. The summed E-state index contributed by atoms with van der Waals surface area (Å²) in [5, 5.41) is 3.55. The summed E-state index contributed by atoms with van der Waals surface area (Å²) in [5.74, 6) is 0.925. The summed E-state index contributed by atoms with van der Waals surface area (Å²) in [4.78, 5) is 2.39. The molecule has 3 nitrogen and oxygen atoms in total. The molecule has 0 aliphatic heterocycles. The van der Waals surface area contributed by atoms with Crippen molar-refractivity contribution in [3.05, 3.63) is 29.8 Å². The number of ether oxygens (including phenoxy) is 1. The third-order valence-corrected chi connectivity index (χ3v) is 4.99. The molecule has 0 saturated heterocycles. The lowest BCUT2D eigenvalue weighted by molar-refractivity contribution is 0.0879. The third-order valence-electron chi connectivity index (χ3n) is 4.99. The minimum Gasteiger partial charge on any atom is -0.497 e. The van der Waals surface area contributed by atoms with Crippen molar-refractivity contribution in [3.8, 4) is 5.75 Å². The molecule has 0 amide bonds. The second-order valence-corrected chi connectivity index (χ2v) is 5.93. The Balaban J connectivity index is 2.76. The Morgan fingerprint density at radius 2 is 1.71 bits per heavy atom. The van der Waals surface area contributed by atoms with Gasteiger partial charge in [-0.2, -0.15) is 0 Å². The molecule has 1 unspecified atom stereocenters. The molecule has 1 N–H and O–H groups in total. The van der Waals surface area contributed by atoms with Crippen LogP contribution in [0.25, 0.3) is 0 Å². The van der Waals surface area contributed by atoms with Crippen LogP contribution in [0.5, 0.6) is 5.75 Å². The average molecular weight is 292 g/mol. The topological polar surface area (TPSA) is 24.5 Å². The van der Waals surface area contributed by atoms with Crippen LogP contribution >= 0.6 is 0 Å². The van der Waals surface area contributed by atoms with Gasteiger partial charge in [-0.3, -0.25) is 0 Å². The molecule has 0 aromatic heterocycles. The molecule has 1 aromatic rings. The second kappa shape index (κ2) is 8.40. The Morgan fingerprint density at radius 3 is 2.10 bits per heavy atom. The van der Waals surface area contributed by atoms with Gasteiger partial charge in [-0.15, -0.1) is 0 Å². The molecule has 0 spiro atoms. The number of nitrogens with zero attached hydrogens (tertiary/aromatic N) is 1. The summed E-state index contributed by atoms with van der Waals surface area (Å²) in [7, 11) is 8.19. The van der Waals surface area contributed by atoms with Gasteiger partial charge < -0.3 is 15.0 Å². The fourth-order valence-corrected chi connectivity index (χ4v) is 3.47. The molecule has 0 heterocycles. The number of methoxy groups -OCH3 is 1. The van der Waals surface area contributed by atoms with E-state index < -0.39 is 0 Å². The molecule has 0 aliphatic rings. The van der Waals surface area contributed by atoms with E-state index in [9.17, 15) is 0 Å². The van der Waals surface area contributed by atoms with Crippen LogP contribution in [0.15, 0.2) is 24.3 Å². The Morgan fingerprint density at radius 1 is 1.14 bits per heavy atom. The van der Waals surface area contributed by atoms with E-state index in [1.807, 2.05) is 12.1 Å². The van der Waals surface area contributed by atoms with E-state index in [1.54, 1.807) is 7.11 Å². The van der Waals surface area contributed by atoms with Gasteiger partial charge >= 0.3 is 0 Å². The van der Waals surface area contributed by atoms with Crippen molar-refractivity contribution in [2.45, 2.75) is 51.1 Å². The van der Waals surface area contributed by atoms with Crippen molar-refractivity contribution in [1.29, 1.82) is 0 Å². The molecule has 0 aliphatic carbocycles. The zero-order chi connectivity index (χ0) is 15.9. The minimum absolute atomic E-state index is 0.223. The maximum atomic E-state index is 5.22. The maximum Gasteiger partial charge on any atom is 0.118 e. The minimum atomic E-state index is 0.223. The fraction of sp³-hybridized carbons (Fsp3) is 0.667. The molecular formula is C18H32N2O. The van der Waals surface area contributed by atoms with Crippen molar-refractivity contribution in [3.63, 3.8) is 0 Å². The molecule has 0 saturated carbocycles. The van der Waals surface area contributed by atoms with E-state index in [0.29, 0.717) is 6.04 Å². The summed E-state index contributed by atoms with van der Waals surface area (Å²) >= 11 is 0. The largest absolute Gasteiger partial charge is 0.497 e. The van der Waals surface area contributed by atoms with Crippen LogP contribution in [0.3, 0.4) is 0 Å². The van der Waals surface area contributed by atoms with Crippen molar-refractivity contribution in [2.75, 3.05) is 28.3 Å². The van der Waals surface area contributed by atoms with E-state index >= 15 is 0 Å². The van der Waals surface area contributed by atoms with E-state index in [4.69, 9.17) is 4.74 Å². The summed E-state index contributed by atoms with van der Waals surface area (Å²) < 4.78 is 5.22. The van der Waals surface area contributed by atoms with E-state index in [2.05, 4.69) is 57.3 Å². The zero-order valence-electron chi connectivity index (χ0n) is 14.6. The van der Waals surface area contributed by atoms with Crippen molar-refractivity contribution in [1.82, 2.24) is 10.2 Å². The third kappa shape index (κ3) is 4.21. The van der Waals surface area contributed by atoms with Crippen LogP contribution in [0.2, 0.25) is 0 Å². The molecule has 0 bridgehead atoms. The quantitative estimate of drug-likeness (QED) is 0.755. The first-order valence-corrected chi connectivity index (χ1v) is 8.01. The van der Waals surface area contributed by atoms with Gasteiger partial charge in [-0.25, -0.2) is 0 Å². The van der Waals surface area contributed by atoms with Gasteiger partial charge in [0.05, 0.1) is 7.11 Å². The van der Waals surface area contributed by atoms with Crippen LogP contribution < -0.4 is 10.1 Å². The first-order valence-electron chi connectivity index (χ1n) is 8.01. The molecule has 3 heteroatoms. The molecule has 1 atom stereocenters. The number of hydrogen-bond donors (Lipinski definition) is 1. The summed E-state index contributed by atoms with van der Waals surface area (Å²) in [5.41, 5.74) is 1.59. The Labute approximate surface area is 130 Å². The summed E-state index contributed by atoms with van der Waals surface area (Å²) in [6.07, 6.45) is 4.54. The molecule has 0 fully saturated rings. The summed E-state index contributed by atoms with van der Waals surface area (Å²) in [6, 6.07) is 8.91. The molecule has 0 radical (unpaired) electrons. The van der Waals surface area contributed by atoms with Crippen LogP contribution in [0.1, 0.15) is 38.7 Å². The van der Waals surface area contributed by atoms with Crippen molar-refractivity contribution < 1.29 is 4.74 Å². The Kier molecular flexibility index (Phi) is 7.20. The second-order valence-electron chi connectivity index (χ2n) is 5.93. The van der Waals surface area contributed by atoms with Crippen molar-refractivity contribution >= 4 is 0 Å². The predicted octanol–water partition coefficient (Wildman–Crippen LogP) is 3.34. The first kappa shape index (κ1) is 18.0. The first-order chi connectivity index (χ1) is 10.0. The highest BCUT2D eigenvalue weighted by molar-refractivity contribution is 5.27. The molecule has 120 valence electrons. The number of benzene rings is 1. The lowest BCUT2D eigenvalue weighted by Crippen LogP contribution is -2.57. The van der Waals surface area contributed by atoms with Gasteiger partial charge in [0.15, 0.2) is 0 Å². The standard InChI is InChI=1S/C18H32N2O/c1-7-18(8-2,20(4)5)17(19-3)14-11-15-9-12-16(21-6)13-10-15/h9-10,12-13,17,19H,7-8,11,14H2,1-6H3. The van der Waals surface area contributed by atoms with Gasteiger partial charge in [0.25, 0.3) is 0 Å². The number of rotatable bonds is 9. The lowest BCUT2D eigenvalue weighted by atomic mass is 9.80. The molecular weight excluding hydrogens is 260 g/mol. The van der Waals surface area contributed by atoms with Crippen LogP contribution in [-0.4, -0.2) is 44.7 Å². The average Bonchev–Trinajstić information content (AvgIpc) is 2.52. The Bertz CT molecular complexity index is 396. The molecule has 1 rings (SSSR count). The maximum absolute atomic E-state index is 5.22. The lowest BCUT2D eigenvalue weighted by Gasteiger charge is -2.45. The van der Waals surface area contributed by atoms with Crippen LogP contribution in [0, 0.1) is 0 Å². The van der Waals surface area contributed by atoms with E-state index in [1.165, 1.54) is 5.56 Å². The SMILES string of the molecule is CCC(CC)(C(CCc1ccc(OC)cc1)NC)N(C)C. The van der Waals surface area contributed by atoms with Gasteiger partial charge in [0.2, 0.25) is 0 Å². The smallest absolute Gasteiger partial charge is 0.118 e. The predicted molar refractivity (Wildman–Crippen MR) is 91.2 cm³/mol. The van der Waals surface area contributed by atoms with Crippen LogP contribution in [-0.2, 0) is 6.42 Å². The summed E-state index contributed by atoms with van der Waals surface area (Å²) in [6.45, 7) is 4.59. The van der Waals surface area contributed by atoms with Crippen molar-refractivity contribution in [2.24, 2.45) is 0 Å². The number of likely N-dealkylation sites (N-methyl/N-ethyl adjacent to an activating group) is 2. The zero-order valence-corrected chi connectivity index (χ0v) is 14.6. The normalized spacial score (nSPS) is 13.5. The van der Waals surface area contributed by atoms with Gasteiger partial charge in [-0.1, -0.05) is 26.0 Å². The molecule has 21 heavy (non-hydrogen) atoms. The molecule has 1 aromatic carbocycles.